The lowest BCUT2D eigenvalue weighted by Gasteiger charge is -2.13. The lowest BCUT2D eigenvalue weighted by molar-refractivity contribution is 0.869. The summed E-state index contributed by atoms with van der Waals surface area (Å²) in [5, 5.41) is 10.8. The van der Waals surface area contributed by atoms with Gasteiger partial charge in [0.25, 0.3) is 0 Å². The van der Waals surface area contributed by atoms with Crippen LogP contribution in [-0.2, 0) is 0 Å². The Balaban J connectivity index is 1.84. The summed E-state index contributed by atoms with van der Waals surface area (Å²) in [4.78, 5) is 8.76. The fourth-order valence-electron chi connectivity index (χ4n) is 3.43. The summed E-state index contributed by atoms with van der Waals surface area (Å²) < 4.78 is 0. The summed E-state index contributed by atoms with van der Waals surface area (Å²) in [6, 6.07) is 22.8. The number of aromatic nitrogens is 2. The van der Waals surface area contributed by atoms with Crippen molar-refractivity contribution in [2.75, 3.05) is 0 Å². The molecule has 0 spiro atoms. The van der Waals surface area contributed by atoms with Gasteiger partial charge in [0.05, 0.1) is 17.2 Å². The molecule has 4 aromatic rings. The number of hydrogen-bond donors (Lipinski definition) is 0. The molecule has 140 valence electrons. The van der Waals surface area contributed by atoms with Crippen LogP contribution in [0.15, 0.2) is 79.3 Å². The summed E-state index contributed by atoms with van der Waals surface area (Å²) in [5.74, 6) is 0.428. The summed E-state index contributed by atoms with van der Waals surface area (Å²) >= 11 is 0. The highest BCUT2D eigenvalue weighted by molar-refractivity contribution is 5.95. The van der Waals surface area contributed by atoms with E-state index < -0.39 is 0 Å². The maximum atomic E-state index is 9.61. The van der Waals surface area contributed by atoms with Crippen LogP contribution in [0.5, 0.6) is 0 Å². The van der Waals surface area contributed by atoms with E-state index in [1.165, 1.54) is 5.56 Å². The standard InChI is InChI=1S/C26H21N3/c1-18(2)23-14-21-8-5-11-29-26(21)25(15-23)20-7-3-6-19(12-20)13-24(16-27)22-9-4-10-28-17-22/h3-15,17-18H,1-2H3/b24-13+. The van der Waals surface area contributed by atoms with Gasteiger partial charge in [-0.15, -0.1) is 0 Å². The molecule has 0 saturated heterocycles. The Morgan fingerprint density at radius 3 is 2.62 bits per heavy atom. The Morgan fingerprint density at radius 2 is 1.86 bits per heavy atom. The largest absolute Gasteiger partial charge is 0.264 e. The van der Waals surface area contributed by atoms with Crippen LogP contribution in [0, 0.1) is 11.3 Å². The summed E-state index contributed by atoms with van der Waals surface area (Å²) in [7, 11) is 0. The highest BCUT2D eigenvalue weighted by atomic mass is 14.6. The van der Waals surface area contributed by atoms with E-state index in [2.05, 4.69) is 60.2 Å². The number of allylic oxidation sites excluding steroid dienone is 1. The summed E-state index contributed by atoms with van der Waals surface area (Å²) in [6.07, 6.45) is 7.16. The van der Waals surface area contributed by atoms with Crippen LogP contribution >= 0.6 is 0 Å². The van der Waals surface area contributed by atoms with E-state index in [0.29, 0.717) is 11.5 Å². The Morgan fingerprint density at radius 1 is 1.00 bits per heavy atom. The number of benzene rings is 2. The van der Waals surface area contributed by atoms with Gasteiger partial charge < -0.3 is 0 Å². The molecule has 0 aliphatic rings. The third-order valence-electron chi connectivity index (χ3n) is 5.00. The van der Waals surface area contributed by atoms with E-state index in [0.717, 1.165) is 33.2 Å². The van der Waals surface area contributed by atoms with Crippen molar-refractivity contribution in [3.8, 4) is 17.2 Å². The van der Waals surface area contributed by atoms with E-state index in [1.54, 1.807) is 12.4 Å². The molecule has 0 aliphatic heterocycles. The zero-order valence-electron chi connectivity index (χ0n) is 16.5. The second-order valence-electron chi connectivity index (χ2n) is 7.34. The maximum Gasteiger partial charge on any atom is 0.0998 e. The molecule has 0 saturated carbocycles. The van der Waals surface area contributed by atoms with Crippen molar-refractivity contribution in [3.05, 3.63) is 95.9 Å². The van der Waals surface area contributed by atoms with Gasteiger partial charge in [0.15, 0.2) is 0 Å². The zero-order valence-corrected chi connectivity index (χ0v) is 16.5. The van der Waals surface area contributed by atoms with Crippen LogP contribution in [0.25, 0.3) is 33.7 Å². The van der Waals surface area contributed by atoms with Crippen molar-refractivity contribution in [3.63, 3.8) is 0 Å². The Kier molecular flexibility index (Phi) is 5.18. The van der Waals surface area contributed by atoms with Crippen LogP contribution in [0.1, 0.15) is 36.5 Å². The van der Waals surface area contributed by atoms with Gasteiger partial charge in [0.1, 0.15) is 0 Å². The predicted octanol–water partition coefficient (Wildman–Crippen LogP) is 6.48. The Labute approximate surface area is 171 Å². The molecule has 2 aromatic carbocycles. The minimum atomic E-state index is 0.428. The Bertz CT molecular complexity index is 1230. The first-order valence-corrected chi connectivity index (χ1v) is 9.67. The van der Waals surface area contributed by atoms with Crippen molar-refractivity contribution < 1.29 is 0 Å². The lowest BCUT2D eigenvalue weighted by atomic mass is 9.93. The number of nitriles is 1. The van der Waals surface area contributed by atoms with Gasteiger partial charge in [0.2, 0.25) is 0 Å². The molecule has 29 heavy (non-hydrogen) atoms. The van der Waals surface area contributed by atoms with E-state index in [1.807, 2.05) is 42.6 Å². The van der Waals surface area contributed by atoms with Crippen molar-refractivity contribution in [1.82, 2.24) is 9.97 Å². The zero-order chi connectivity index (χ0) is 20.2. The number of fused-ring (bicyclic) bond motifs is 1. The minimum Gasteiger partial charge on any atom is -0.264 e. The van der Waals surface area contributed by atoms with E-state index >= 15 is 0 Å². The fourth-order valence-corrected chi connectivity index (χ4v) is 3.43. The number of pyridine rings is 2. The first-order chi connectivity index (χ1) is 14.2. The monoisotopic (exact) mass is 375 g/mol. The van der Waals surface area contributed by atoms with Crippen molar-refractivity contribution in [1.29, 1.82) is 5.26 Å². The number of nitrogens with zero attached hydrogens (tertiary/aromatic N) is 3. The molecule has 0 atom stereocenters. The van der Waals surface area contributed by atoms with E-state index in [9.17, 15) is 5.26 Å². The molecule has 2 aromatic heterocycles. The average molecular weight is 375 g/mol. The van der Waals surface area contributed by atoms with Crippen molar-refractivity contribution >= 4 is 22.6 Å². The van der Waals surface area contributed by atoms with Crippen molar-refractivity contribution in [2.45, 2.75) is 19.8 Å². The fraction of sp³-hybridized carbons (Fsp3) is 0.115. The average Bonchev–Trinajstić information content (AvgIpc) is 2.77. The molecular formula is C26H21N3. The van der Waals surface area contributed by atoms with Crippen LogP contribution in [0.4, 0.5) is 0 Å². The van der Waals surface area contributed by atoms with Gasteiger partial charge in [-0.05, 0) is 59.0 Å². The molecule has 0 fully saturated rings. The molecule has 0 aliphatic carbocycles. The van der Waals surface area contributed by atoms with Crippen LogP contribution < -0.4 is 0 Å². The molecule has 0 amide bonds. The molecule has 3 nitrogen and oxygen atoms in total. The molecule has 0 N–H and O–H groups in total. The van der Waals surface area contributed by atoms with Crippen LogP contribution in [0.3, 0.4) is 0 Å². The highest BCUT2D eigenvalue weighted by Crippen LogP contribution is 2.32. The number of rotatable bonds is 4. The Hall–Kier alpha value is -3.77. The van der Waals surface area contributed by atoms with Crippen LogP contribution in [0.2, 0.25) is 0 Å². The van der Waals surface area contributed by atoms with Gasteiger partial charge in [-0.1, -0.05) is 44.2 Å². The van der Waals surface area contributed by atoms with E-state index in [-0.39, 0.29) is 0 Å². The highest BCUT2D eigenvalue weighted by Gasteiger charge is 2.10. The SMILES string of the molecule is CC(C)c1cc(-c2cccc(/C=C(\C#N)c3cccnc3)c2)c2ncccc2c1. The lowest BCUT2D eigenvalue weighted by Crippen LogP contribution is -1.92. The smallest absolute Gasteiger partial charge is 0.0998 e. The molecular weight excluding hydrogens is 354 g/mol. The van der Waals surface area contributed by atoms with Gasteiger partial charge in [0, 0.05) is 35.1 Å². The quantitative estimate of drug-likeness (QED) is 0.383. The second kappa shape index (κ2) is 8.08. The first-order valence-electron chi connectivity index (χ1n) is 9.67. The van der Waals surface area contributed by atoms with E-state index in [4.69, 9.17) is 0 Å². The number of hydrogen-bond acceptors (Lipinski definition) is 3. The second-order valence-corrected chi connectivity index (χ2v) is 7.34. The maximum absolute atomic E-state index is 9.61. The molecule has 3 heteroatoms. The third kappa shape index (κ3) is 3.93. The van der Waals surface area contributed by atoms with Gasteiger partial charge in [-0.25, -0.2) is 0 Å². The summed E-state index contributed by atoms with van der Waals surface area (Å²) in [6.45, 7) is 4.40. The van der Waals surface area contributed by atoms with Gasteiger partial charge in [-0.2, -0.15) is 5.26 Å². The molecule has 0 radical (unpaired) electrons. The van der Waals surface area contributed by atoms with Crippen molar-refractivity contribution in [2.24, 2.45) is 0 Å². The van der Waals surface area contributed by atoms with Crippen LogP contribution in [-0.4, -0.2) is 9.97 Å². The minimum absolute atomic E-state index is 0.428. The third-order valence-corrected chi connectivity index (χ3v) is 5.00. The first kappa shape index (κ1) is 18.6. The van der Waals surface area contributed by atoms with Gasteiger partial charge >= 0.3 is 0 Å². The predicted molar refractivity (Wildman–Crippen MR) is 119 cm³/mol. The molecule has 0 bridgehead atoms. The van der Waals surface area contributed by atoms with Gasteiger partial charge in [-0.3, -0.25) is 9.97 Å². The molecule has 4 rings (SSSR count). The molecule has 2 heterocycles. The topological polar surface area (TPSA) is 49.6 Å². The summed E-state index contributed by atoms with van der Waals surface area (Å²) in [5.41, 5.74) is 6.86. The normalized spacial score (nSPS) is 11.6. The molecule has 0 unspecified atom stereocenters.